The summed E-state index contributed by atoms with van der Waals surface area (Å²) in [5.74, 6) is 0.203. The molecule has 1 fully saturated rings. The molecule has 1 saturated carbocycles. The Hall–Kier alpha value is -1.35. The van der Waals surface area contributed by atoms with Gasteiger partial charge in [0.15, 0.2) is 0 Å². The largest absolute Gasteiger partial charge is 0.325 e. The molecule has 3 heteroatoms. The SMILES string of the molecule is NC1(CC(=O)N2CCc3ccccc32)CCCCC1. The minimum atomic E-state index is -0.257. The van der Waals surface area contributed by atoms with Crippen LogP contribution in [0.4, 0.5) is 5.69 Å². The molecule has 1 aliphatic carbocycles. The molecule has 1 aliphatic heterocycles. The molecule has 102 valence electrons. The van der Waals surface area contributed by atoms with Crippen LogP contribution in [0.15, 0.2) is 24.3 Å². The van der Waals surface area contributed by atoms with Gasteiger partial charge in [0.1, 0.15) is 0 Å². The van der Waals surface area contributed by atoms with E-state index in [2.05, 4.69) is 6.07 Å². The molecule has 0 aromatic heterocycles. The number of nitrogens with two attached hydrogens (primary N) is 1. The van der Waals surface area contributed by atoms with Gasteiger partial charge in [-0.3, -0.25) is 4.79 Å². The van der Waals surface area contributed by atoms with Crippen molar-refractivity contribution in [2.75, 3.05) is 11.4 Å². The second-order valence-electron chi connectivity index (χ2n) is 6.02. The van der Waals surface area contributed by atoms with E-state index in [0.29, 0.717) is 6.42 Å². The molecular weight excluding hydrogens is 236 g/mol. The third-order valence-electron chi connectivity index (χ3n) is 4.54. The lowest BCUT2D eigenvalue weighted by Gasteiger charge is -2.34. The van der Waals surface area contributed by atoms with Crippen molar-refractivity contribution >= 4 is 11.6 Å². The van der Waals surface area contributed by atoms with E-state index in [1.807, 2.05) is 23.1 Å². The molecule has 0 atom stereocenters. The summed E-state index contributed by atoms with van der Waals surface area (Å²) in [7, 11) is 0. The minimum Gasteiger partial charge on any atom is -0.325 e. The summed E-state index contributed by atoms with van der Waals surface area (Å²) >= 11 is 0. The zero-order chi connectivity index (χ0) is 13.3. The zero-order valence-electron chi connectivity index (χ0n) is 11.4. The second-order valence-corrected chi connectivity index (χ2v) is 6.02. The van der Waals surface area contributed by atoms with Crippen LogP contribution in [-0.2, 0) is 11.2 Å². The lowest BCUT2D eigenvalue weighted by molar-refractivity contribution is -0.119. The number of rotatable bonds is 2. The van der Waals surface area contributed by atoms with Gasteiger partial charge in [-0.15, -0.1) is 0 Å². The summed E-state index contributed by atoms with van der Waals surface area (Å²) in [5, 5.41) is 0. The van der Waals surface area contributed by atoms with Crippen LogP contribution in [0.25, 0.3) is 0 Å². The van der Waals surface area contributed by atoms with E-state index in [0.717, 1.165) is 31.5 Å². The van der Waals surface area contributed by atoms with Crippen molar-refractivity contribution in [2.45, 2.75) is 50.5 Å². The quantitative estimate of drug-likeness (QED) is 0.886. The Bertz CT molecular complexity index is 477. The van der Waals surface area contributed by atoms with E-state index in [9.17, 15) is 4.79 Å². The summed E-state index contributed by atoms with van der Waals surface area (Å²) in [6, 6.07) is 8.20. The van der Waals surface area contributed by atoms with E-state index in [-0.39, 0.29) is 11.4 Å². The number of hydrogen-bond acceptors (Lipinski definition) is 2. The minimum absolute atomic E-state index is 0.203. The number of amides is 1. The molecule has 1 aromatic carbocycles. The predicted octanol–water partition coefficient (Wildman–Crippen LogP) is 2.63. The Kier molecular flexibility index (Phi) is 3.31. The molecule has 1 amide bonds. The first kappa shape index (κ1) is 12.7. The molecule has 0 radical (unpaired) electrons. The standard InChI is InChI=1S/C16H22N2O/c17-16(9-4-1-5-10-16)12-15(19)18-11-8-13-6-2-3-7-14(13)18/h2-3,6-7H,1,4-5,8-12,17H2. The molecule has 0 bridgehead atoms. The van der Waals surface area contributed by atoms with Gasteiger partial charge in [-0.05, 0) is 30.9 Å². The lowest BCUT2D eigenvalue weighted by atomic mass is 9.80. The Labute approximate surface area is 114 Å². The van der Waals surface area contributed by atoms with Crippen molar-refractivity contribution in [2.24, 2.45) is 5.73 Å². The first-order valence-electron chi connectivity index (χ1n) is 7.35. The van der Waals surface area contributed by atoms with Crippen LogP contribution in [0.5, 0.6) is 0 Å². The van der Waals surface area contributed by atoms with Crippen molar-refractivity contribution in [1.82, 2.24) is 0 Å². The van der Waals surface area contributed by atoms with Gasteiger partial charge < -0.3 is 10.6 Å². The van der Waals surface area contributed by atoms with Crippen LogP contribution in [0.1, 0.15) is 44.1 Å². The number of benzene rings is 1. The van der Waals surface area contributed by atoms with E-state index in [1.54, 1.807) is 0 Å². The van der Waals surface area contributed by atoms with Crippen molar-refractivity contribution in [3.05, 3.63) is 29.8 Å². The Morgan fingerprint density at radius 3 is 2.74 bits per heavy atom. The normalized spacial score (nSPS) is 21.2. The van der Waals surface area contributed by atoms with Crippen molar-refractivity contribution in [1.29, 1.82) is 0 Å². The summed E-state index contributed by atoms with van der Waals surface area (Å²) < 4.78 is 0. The summed E-state index contributed by atoms with van der Waals surface area (Å²) in [4.78, 5) is 14.5. The van der Waals surface area contributed by atoms with Gasteiger partial charge >= 0.3 is 0 Å². The number of anilines is 1. The lowest BCUT2D eigenvalue weighted by Crippen LogP contribution is -2.46. The molecule has 2 aliphatic rings. The van der Waals surface area contributed by atoms with Crippen molar-refractivity contribution < 1.29 is 4.79 Å². The van der Waals surface area contributed by atoms with Crippen molar-refractivity contribution in [3.8, 4) is 0 Å². The van der Waals surface area contributed by atoms with Gasteiger partial charge in [0.25, 0.3) is 0 Å². The number of carbonyl (C=O) groups is 1. The fourth-order valence-electron chi connectivity index (χ4n) is 3.43. The van der Waals surface area contributed by atoms with Crippen LogP contribution >= 0.6 is 0 Å². The number of para-hydroxylation sites is 1. The maximum atomic E-state index is 12.5. The molecule has 1 heterocycles. The third kappa shape index (κ3) is 2.52. The maximum absolute atomic E-state index is 12.5. The highest BCUT2D eigenvalue weighted by atomic mass is 16.2. The first-order chi connectivity index (χ1) is 9.18. The second kappa shape index (κ2) is 4.97. The summed E-state index contributed by atoms with van der Waals surface area (Å²) in [6.07, 6.45) is 7.06. The predicted molar refractivity (Wildman–Crippen MR) is 77.1 cm³/mol. The Morgan fingerprint density at radius 1 is 1.21 bits per heavy atom. The van der Waals surface area contributed by atoms with E-state index >= 15 is 0 Å². The van der Waals surface area contributed by atoms with E-state index < -0.39 is 0 Å². The smallest absolute Gasteiger partial charge is 0.228 e. The van der Waals surface area contributed by atoms with Crippen LogP contribution in [0.3, 0.4) is 0 Å². The van der Waals surface area contributed by atoms with E-state index in [1.165, 1.54) is 24.8 Å². The maximum Gasteiger partial charge on any atom is 0.228 e. The van der Waals surface area contributed by atoms with Gasteiger partial charge in [0, 0.05) is 24.2 Å². The van der Waals surface area contributed by atoms with E-state index in [4.69, 9.17) is 5.73 Å². The Balaban J connectivity index is 1.72. The molecule has 3 nitrogen and oxygen atoms in total. The topological polar surface area (TPSA) is 46.3 Å². The summed E-state index contributed by atoms with van der Waals surface area (Å²) in [6.45, 7) is 0.814. The number of carbonyl (C=O) groups excluding carboxylic acids is 1. The fraction of sp³-hybridized carbons (Fsp3) is 0.562. The highest BCUT2D eigenvalue weighted by molar-refractivity contribution is 5.96. The zero-order valence-corrected chi connectivity index (χ0v) is 11.4. The highest BCUT2D eigenvalue weighted by Crippen LogP contribution is 2.32. The average Bonchev–Trinajstić information content (AvgIpc) is 2.83. The molecular formula is C16H22N2O. The average molecular weight is 258 g/mol. The van der Waals surface area contributed by atoms with Gasteiger partial charge in [-0.2, -0.15) is 0 Å². The molecule has 1 aromatic rings. The van der Waals surface area contributed by atoms with Gasteiger partial charge in [0.05, 0.1) is 0 Å². The monoisotopic (exact) mass is 258 g/mol. The number of fused-ring (bicyclic) bond motifs is 1. The number of hydrogen-bond donors (Lipinski definition) is 1. The van der Waals surface area contributed by atoms with Gasteiger partial charge in [0.2, 0.25) is 5.91 Å². The molecule has 19 heavy (non-hydrogen) atoms. The molecule has 0 spiro atoms. The molecule has 0 unspecified atom stereocenters. The molecule has 2 N–H and O–H groups in total. The fourth-order valence-corrected chi connectivity index (χ4v) is 3.43. The Morgan fingerprint density at radius 2 is 1.95 bits per heavy atom. The number of nitrogens with zero attached hydrogens (tertiary/aromatic N) is 1. The first-order valence-corrected chi connectivity index (χ1v) is 7.35. The van der Waals surface area contributed by atoms with Gasteiger partial charge in [-0.25, -0.2) is 0 Å². The van der Waals surface area contributed by atoms with Gasteiger partial charge in [-0.1, -0.05) is 37.5 Å². The van der Waals surface area contributed by atoms with Crippen LogP contribution in [-0.4, -0.2) is 18.0 Å². The summed E-state index contributed by atoms with van der Waals surface area (Å²) in [5.41, 5.74) is 8.52. The van der Waals surface area contributed by atoms with Crippen LogP contribution in [0.2, 0.25) is 0 Å². The molecule has 0 saturated heterocycles. The van der Waals surface area contributed by atoms with Crippen LogP contribution < -0.4 is 10.6 Å². The third-order valence-corrected chi connectivity index (χ3v) is 4.54. The molecule has 3 rings (SSSR count). The van der Waals surface area contributed by atoms with Crippen LogP contribution in [0, 0.1) is 0 Å². The van der Waals surface area contributed by atoms with Crippen molar-refractivity contribution in [3.63, 3.8) is 0 Å². The highest BCUT2D eigenvalue weighted by Gasteiger charge is 2.33.